The lowest BCUT2D eigenvalue weighted by Crippen LogP contribution is -2.28. The van der Waals surface area contributed by atoms with Crippen LogP contribution in [-0.2, 0) is 10.0 Å². The molecule has 5 nitrogen and oxygen atoms in total. The molecular formula is C11H15NO4S2. The minimum atomic E-state index is -3.57. The molecule has 7 heteroatoms. The van der Waals surface area contributed by atoms with Crippen LogP contribution in [0.15, 0.2) is 15.7 Å². The predicted octanol–water partition coefficient (Wildman–Crippen LogP) is 1.77. The molecule has 18 heavy (non-hydrogen) atoms. The van der Waals surface area contributed by atoms with Gasteiger partial charge in [0.05, 0.1) is 5.56 Å². The highest BCUT2D eigenvalue weighted by molar-refractivity contribution is 7.91. The van der Waals surface area contributed by atoms with Crippen molar-refractivity contribution in [2.75, 3.05) is 6.54 Å². The van der Waals surface area contributed by atoms with E-state index in [4.69, 9.17) is 5.11 Å². The van der Waals surface area contributed by atoms with Gasteiger partial charge in [0.1, 0.15) is 4.21 Å². The number of aromatic carboxylic acids is 1. The number of nitrogens with one attached hydrogen (secondary N) is 1. The van der Waals surface area contributed by atoms with Crippen molar-refractivity contribution in [2.45, 2.75) is 24.0 Å². The van der Waals surface area contributed by atoms with Crippen LogP contribution in [0.1, 0.15) is 30.1 Å². The number of carbonyl (C=O) groups is 1. The largest absolute Gasteiger partial charge is 0.478 e. The first-order valence-corrected chi connectivity index (χ1v) is 8.08. The normalized spacial score (nSPS) is 17.6. The molecule has 0 radical (unpaired) electrons. The van der Waals surface area contributed by atoms with Gasteiger partial charge in [-0.15, -0.1) is 11.3 Å². The van der Waals surface area contributed by atoms with Gasteiger partial charge in [0, 0.05) is 11.9 Å². The average molecular weight is 289 g/mol. The van der Waals surface area contributed by atoms with Gasteiger partial charge in [-0.3, -0.25) is 0 Å². The van der Waals surface area contributed by atoms with Crippen LogP contribution in [0.5, 0.6) is 0 Å². The second-order valence-electron chi connectivity index (χ2n) is 4.63. The lowest BCUT2D eigenvalue weighted by molar-refractivity contribution is 0.0697. The highest BCUT2D eigenvalue weighted by Crippen LogP contribution is 2.36. The zero-order chi connectivity index (χ0) is 13.3. The summed E-state index contributed by atoms with van der Waals surface area (Å²) >= 11 is 0.929. The lowest BCUT2D eigenvalue weighted by atomic mass is 10.1. The third kappa shape index (κ3) is 3.09. The van der Waals surface area contributed by atoms with E-state index < -0.39 is 16.0 Å². The number of hydrogen-bond donors (Lipinski definition) is 2. The van der Waals surface area contributed by atoms with Crippen molar-refractivity contribution in [3.63, 3.8) is 0 Å². The molecular weight excluding hydrogens is 274 g/mol. The lowest BCUT2D eigenvalue weighted by Gasteiger charge is -2.10. The second-order valence-corrected chi connectivity index (χ2v) is 7.53. The quantitative estimate of drug-likeness (QED) is 0.836. The zero-order valence-corrected chi connectivity index (χ0v) is 11.6. The Morgan fingerprint density at radius 3 is 2.78 bits per heavy atom. The molecule has 0 bridgehead atoms. The summed E-state index contributed by atoms with van der Waals surface area (Å²) in [5.74, 6) is -0.150. The Labute approximate surface area is 110 Å². The molecule has 1 heterocycles. The summed E-state index contributed by atoms with van der Waals surface area (Å²) in [4.78, 5) is 10.7. The molecule has 1 aliphatic carbocycles. The van der Waals surface area contributed by atoms with Gasteiger partial charge in [0.15, 0.2) is 0 Å². The molecule has 100 valence electrons. The van der Waals surface area contributed by atoms with Gasteiger partial charge in [-0.1, -0.05) is 6.92 Å². The van der Waals surface area contributed by atoms with Gasteiger partial charge in [0.25, 0.3) is 0 Å². The van der Waals surface area contributed by atoms with Crippen molar-refractivity contribution in [2.24, 2.45) is 11.8 Å². The van der Waals surface area contributed by atoms with E-state index in [0.717, 1.165) is 11.3 Å². The van der Waals surface area contributed by atoms with Crippen molar-refractivity contribution in [1.82, 2.24) is 4.72 Å². The number of thiophene rings is 1. The van der Waals surface area contributed by atoms with Crippen LogP contribution in [0.3, 0.4) is 0 Å². The van der Waals surface area contributed by atoms with Gasteiger partial charge in [0.2, 0.25) is 10.0 Å². The van der Waals surface area contributed by atoms with Gasteiger partial charge in [-0.05, 0) is 30.7 Å². The second kappa shape index (κ2) is 4.99. The van der Waals surface area contributed by atoms with Crippen LogP contribution in [0.25, 0.3) is 0 Å². The summed E-state index contributed by atoms with van der Waals surface area (Å²) in [6, 6.07) is 1.19. The maximum absolute atomic E-state index is 11.9. The van der Waals surface area contributed by atoms with E-state index in [0.29, 0.717) is 18.4 Å². The van der Waals surface area contributed by atoms with Gasteiger partial charge >= 0.3 is 5.97 Å². The SMILES string of the molecule is CC(CNS(=O)(=O)c1cc(C(=O)O)cs1)C1CC1. The fourth-order valence-electron chi connectivity index (χ4n) is 1.71. The molecule has 1 aromatic heterocycles. The fraction of sp³-hybridized carbons (Fsp3) is 0.545. The molecule has 0 amide bonds. The van der Waals surface area contributed by atoms with Crippen LogP contribution in [-0.4, -0.2) is 26.0 Å². The van der Waals surface area contributed by atoms with Crippen molar-refractivity contribution in [1.29, 1.82) is 0 Å². The highest BCUT2D eigenvalue weighted by atomic mass is 32.2. The van der Waals surface area contributed by atoms with Crippen LogP contribution in [0.2, 0.25) is 0 Å². The Morgan fingerprint density at radius 1 is 1.61 bits per heavy atom. The first-order chi connectivity index (χ1) is 8.40. The van der Waals surface area contributed by atoms with Gasteiger partial charge in [-0.2, -0.15) is 0 Å². The summed E-state index contributed by atoms with van der Waals surface area (Å²) in [6.07, 6.45) is 2.34. The third-order valence-corrected chi connectivity index (χ3v) is 5.97. The van der Waals surface area contributed by atoms with Gasteiger partial charge < -0.3 is 5.11 Å². The molecule has 0 spiro atoms. The number of hydrogen-bond acceptors (Lipinski definition) is 4. The molecule has 2 N–H and O–H groups in total. The summed E-state index contributed by atoms with van der Waals surface area (Å²) in [5.41, 5.74) is 0.00983. The first kappa shape index (κ1) is 13.5. The van der Waals surface area contributed by atoms with Crippen molar-refractivity contribution in [3.8, 4) is 0 Å². The van der Waals surface area contributed by atoms with E-state index >= 15 is 0 Å². The molecule has 1 aromatic rings. The maximum atomic E-state index is 11.9. The van der Waals surface area contributed by atoms with E-state index in [1.54, 1.807) is 0 Å². The van der Waals surface area contributed by atoms with Crippen molar-refractivity contribution in [3.05, 3.63) is 17.0 Å². The zero-order valence-electron chi connectivity index (χ0n) is 9.92. The molecule has 1 saturated carbocycles. The molecule has 1 aliphatic rings. The molecule has 1 unspecified atom stereocenters. The molecule has 0 aliphatic heterocycles. The van der Waals surface area contributed by atoms with Crippen LogP contribution in [0, 0.1) is 11.8 Å². The minimum Gasteiger partial charge on any atom is -0.478 e. The Kier molecular flexibility index (Phi) is 3.74. The summed E-state index contributed by atoms with van der Waals surface area (Å²) in [6.45, 7) is 2.44. The van der Waals surface area contributed by atoms with Crippen LogP contribution >= 0.6 is 11.3 Å². The van der Waals surface area contributed by atoms with Crippen molar-refractivity contribution >= 4 is 27.3 Å². The molecule has 0 saturated heterocycles. The molecule has 0 aromatic carbocycles. The summed E-state index contributed by atoms with van der Waals surface area (Å²) in [7, 11) is -3.57. The monoisotopic (exact) mass is 289 g/mol. The van der Waals surface area contributed by atoms with E-state index in [2.05, 4.69) is 4.72 Å². The number of rotatable bonds is 6. The van der Waals surface area contributed by atoms with Gasteiger partial charge in [-0.25, -0.2) is 17.9 Å². The number of carboxylic acid groups (broad SMARTS) is 1. The Balaban J connectivity index is 2.02. The molecule has 2 rings (SSSR count). The predicted molar refractivity (Wildman–Crippen MR) is 68.4 cm³/mol. The van der Waals surface area contributed by atoms with E-state index in [9.17, 15) is 13.2 Å². The Hall–Kier alpha value is -0.920. The fourth-order valence-corrected chi connectivity index (χ4v) is 4.06. The van der Waals surface area contributed by atoms with E-state index in [-0.39, 0.29) is 9.77 Å². The third-order valence-electron chi connectivity index (χ3n) is 3.11. The Morgan fingerprint density at radius 2 is 2.28 bits per heavy atom. The maximum Gasteiger partial charge on any atom is 0.336 e. The first-order valence-electron chi connectivity index (χ1n) is 5.71. The molecule has 1 atom stereocenters. The Bertz CT molecular complexity index is 545. The van der Waals surface area contributed by atoms with Crippen LogP contribution < -0.4 is 4.72 Å². The smallest absolute Gasteiger partial charge is 0.336 e. The summed E-state index contributed by atoms with van der Waals surface area (Å²) < 4.78 is 26.4. The minimum absolute atomic E-state index is 0.00983. The number of sulfonamides is 1. The topological polar surface area (TPSA) is 83.5 Å². The average Bonchev–Trinajstić information content (AvgIpc) is 3.02. The van der Waals surface area contributed by atoms with E-state index in [1.807, 2.05) is 6.92 Å². The van der Waals surface area contributed by atoms with Crippen molar-refractivity contribution < 1.29 is 18.3 Å². The summed E-state index contributed by atoms with van der Waals surface area (Å²) in [5, 5.41) is 10.1. The number of carboxylic acids is 1. The molecule has 1 fully saturated rings. The standard InChI is InChI=1S/C11H15NO4S2/c1-7(8-2-3-8)5-12-18(15,16)10-4-9(6-17-10)11(13)14/h4,6-8,12H,2-3,5H2,1H3,(H,13,14). The highest BCUT2D eigenvalue weighted by Gasteiger charge is 2.29. The van der Waals surface area contributed by atoms with Crippen LogP contribution in [0.4, 0.5) is 0 Å². The van der Waals surface area contributed by atoms with E-state index in [1.165, 1.54) is 24.3 Å².